The number of rotatable bonds is 1. The molecule has 0 aliphatic heterocycles. The van der Waals surface area contributed by atoms with Crippen LogP contribution in [0.5, 0.6) is 0 Å². The van der Waals surface area contributed by atoms with E-state index in [1.54, 1.807) is 0 Å². The van der Waals surface area contributed by atoms with Crippen molar-refractivity contribution in [2.24, 2.45) is 0 Å². The van der Waals surface area contributed by atoms with Gasteiger partial charge in [-0.25, -0.2) is 0 Å². The Morgan fingerprint density at radius 3 is 2.17 bits per heavy atom. The summed E-state index contributed by atoms with van der Waals surface area (Å²) in [6.07, 6.45) is 4.40. The molecule has 0 saturated heterocycles. The molecule has 0 atom stereocenters. The fraction of sp³-hybridized carbons (Fsp3) is 0. The number of benzene rings is 3. The Bertz CT molecular complexity index is 752. The average Bonchev–Trinajstić information content (AvgIpc) is 2.86. The van der Waals surface area contributed by atoms with E-state index in [9.17, 15) is 0 Å². The van der Waals surface area contributed by atoms with Crippen LogP contribution >= 0.6 is 0 Å². The Labute approximate surface area is 106 Å². The van der Waals surface area contributed by atoms with Crippen LogP contribution in [0.25, 0.3) is 34.1 Å². The second-order valence-corrected chi connectivity index (χ2v) is 4.67. The van der Waals surface area contributed by atoms with Gasteiger partial charge in [0.25, 0.3) is 0 Å². The zero-order chi connectivity index (χ0) is 11.9. The normalized spacial score (nSPS) is 12.2. The Morgan fingerprint density at radius 2 is 1.33 bits per heavy atom. The van der Waals surface area contributed by atoms with Crippen molar-refractivity contribution < 1.29 is 0 Å². The van der Waals surface area contributed by atoms with Crippen molar-refractivity contribution in [3.05, 3.63) is 71.8 Å². The van der Waals surface area contributed by atoms with E-state index in [2.05, 4.69) is 72.8 Å². The molecule has 0 radical (unpaired) electrons. The smallest absolute Gasteiger partial charge is 0.00326 e. The first kappa shape index (κ1) is 9.67. The van der Waals surface area contributed by atoms with Gasteiger partial charge in [0, 0.05) is 0 Å². The molecule has 0 heterocycles. The van der Waals surface area contributed by atoms with Crippen LogP contribution in [-0.4, -0.2) is 0 Å². The SMILES string of the molecule is C1=Cc2ccc(-c3ccccc3)c3cccc1c23. The molecule has 1 aliphatic rings. The fourth-order valence-corrected chi connectivity index (χ4v) is 2.79. The lowest BCUT2D eigenvalue weighted by Crippen LogP contribution is -1.84. The summed E-state index contributed by atoms with van der Waals surface area (Å²) < 4.78 is 0. The van der Waals surface area contributed by atoms with Crippen molar-refractivity contribution in [3.63, 3.8) is 0 Å². The summed E-state index contributed by atoms with van der Waals surface area (Å²) in [7, 11) is 0. The molecular formula is C18H12. The minimum atomic E-state index is 1.29. The van der Waals surface area contributed by atoms with Crippen molar-refractivity contribution in [1.29, 1.82) is 0 Å². The summed E-state index contributed by atoms with van der Waals surface area (Å²) in [5.41, 5.74) is 5.27. The number of hydrogen-bond donors (Lipinski definition) is 0. The molecule has 1 aliphatic carbocycles. The van der Waals surface area contributed by atoms with Crippen LogP contribution in [0, 0.1) is 0 Å². The van der Waals surface area contributed by atoms with Crippen molar-refractivity contribution >= 4 is 22.9 Å². The van der Waals surface area contributed by atoms with Crippen LogP contribution in [-0.2, 0) is 0 Å². The van der Waals surface area contributed by atoms with Crippen molar-refractivity contribution in [3.8, 4) is 11.1 Å². The van der Waals surface area contributed by atoms with Gasteiger partial charge in [-0.05, 0) is 33.0 Å². The summed E-state index contributed by atoms with van der Waals surface area (Å²) in [4.78, 5) is 0. The second-order valence-electron chi connectivity index (χ2n) is 4.67. The maximum atomic E-state index is 2.23. The Morgan fingerprint density at radius 1 is 0.556 bits per heavy atom. The highest BCUT2D eigenvalue weighted by Gasteiger charge is 2.11. The summed E-state index contributed by atoms with van der Waals surface area (Å²) >= 11 is 0. The summed E-state index contributed by atoms with van der Waals surface area (Å²) in [6.45, 7) is 0. The summed E-state index contributed by atoms with van der Waals surface area (Å²) in [5.74, 6) is 0. The van der Waals surface area contributed by atoms with Gasteiger partial charge in [-0.15, -0.1) is 0 Å². The lowest BCUT2D eigenvalue weighted by atomic mass is 9.95. The Kier molecular flexibility index (Phi) is 1.92. The second kappa shape index (κ2) is 3.58. The van der Waals surface area contributed by atoms with Gasteiger partial charge < -0.3 is 0 Å². The van der Waals surface area contributed by atoms with Gasteiger partial charge in [0.1, 0.15) is 0 Å². The van der Waals surface area contributed by atoms with Crippen molar-refractivity contribution in [1.82, 2.24) is 0 Å². The van der Waals surface area contributed by atoms with E-state index in [1.165, 1.54) is 33.0 Å². The highest BCUT2D eigenvalue weighted by molar-refractivity contribution is 6.10. The Hall–Kier alpha value is -2.34. The van der Waals surface area contributed by atoms with Gasteiger partial charge in [-0.3, -0.25) is 0 Å². The van der Waals surface area contributed by atoms with E-state index in [-0.39, 0.29) is 0 Å². The van der Waals surface area contributed by atoms with Gasteiger partial charge >= 0.3 is 0 Å². The van der Waals surface area contributed by atoms with Crippen LogP contribution in [0.1, 0.15) is 11.1 Å². The first-order valence-corrected chi connectivity index (χ1v) is 6.23. The van der Waals surface area contributed by atoms with E-state index < -0.39 is 0 Å². The fourth-order valence-electron chi connectivity index (χ4n) is 2.79. The molecule has 0 aromatic heterocycles. The average molecular weight is 228 g/mol. The molecule has 3 aromatic rings. The molecule has 0 amide bonds. The molecule has 0 nitrogen and oxygen atoms in total. The summed E-state index contributed by atoms with van der Waals surface area (Å²) in [5, 5.41) is 2.74. The van der Waals surface area contributed by atoms with Crippen LogP contribution < -0.4 is 0 Å². The molecule has 84 valence electrons. The number of hydrogen-bond acceptors (Lipinski definition) is 0. The lowest BCUT2D eigenvalue weighted by Gasteiger charge is -2.09. The van der Waals surface area contributed by atoms with Gasteiger partial charge in [0.15, 0.2) is 0 Å². The van der Waals surface area contributed by atoms with Gasteiger partial charge in [0.05, 0.1) is 0 Å². The monoisotopic (exact) mass is 228 g/mol. The third-order valence-electron chi connectivity index (χ3n) is 3.63. The maximum absolute atomic E-state index is 2.23. The van der Waals surface area contributed by atoms with E-state index in [1.807, 2.05) is 0 Å². The molecule has 0 unspecified atom stereocenters. The molecule has 4 rings (SSSR count). The zero-order valence-corrected chi connectivity index (χ0v) is 9.93. The molecule has 0 spiro atoms. The first-order chi connectivity index (χ1) is 8.93. The van der Waals surface area contributed by atoms with Crippen LogP contribution in [0.2, 0.25) is 0 Å². The topological polar surface area (TPSA) is 0 Å². The predicted molar refractivity (Wildman–Crippen MR) is 78.3 cm³/mol. The van der Waals surface area contributed by atoms with Crippen molar-refractivity contribution in [2.75, 3.05) is 0 Å². The highest BCUT2D eigenvalue weighted by Crippen LogP contribution is 2.36. The van der Waals surface area contributed by atoms with Crippen LogP contribution in [0.4, 0.5) is 0 Å². The summed E-state index contributed by atoms with van der Waals surface area (Å²) in [6, 6.07) is 21.6. The van der Waals surface area contributed by atoms with Crippen LogP contribution in [0.3, 0.4) is 0 Å². The van der Waals surface area contributed by atoms with Crippen LogP contribution in [0.15, 0.2) is 60.7 Å². The third kappa shape index (κ3) is 1.26. The Balaban J connectivity index is 2.11. The lowest BCUT2D eigenvalue weighted by molar-refractivity contribution is 1.64. The minimum Gasteiger partial charge on any atom is -0.0622 e. The zero-order valence-electron chi connectivity index (χ0n) is 9.93. The molecule has 0 N–H and O–H groups in total. The van der Waals surface area contributed by atoms with E-state index in [0.29, 0.717) is 0 Å². The first-order valence-electron chi connectivity index (χ1n) is 6.23. The maximum Gasteiger partial charge on any atom is -0.00326 e. The molecule has 0 bridgehead atoms. The van der Waals surface area contributed by atoms with Gasteiger partial charge in [-0.2, -0.15) is 0 Å². The third-order valence-corrected chi connectivity index (χ3v) is 3.63. The van der Waals surface area contributed by atoms with Crippen molar-refractivity contribution in [2.45, 2.75) is 0 Å². The van der Waals surface area contributed by atoms with Gasteiger partial charge in [-0.1, -0.05) is 72.8 Å². The largest absolute Gasteiger partial charge is 0.0622 e. The predicted octanol–water partition coefficient (Wildman–Crippen LogP) is 4.99. The molecule has 0 fully saturated rings. The quantitative estimate of drug-likeness (QED) is 0.430. The molecule has 18 heavy (non-hydrogen) atoms. The molecular weight excluding hydrogens is 216 g/mol. The van der Waals surface area contributed by atoms with E-state index in [4.69, 9.17) is 0 Å². The molecule has 3 aromatic carbocycles. The van der Waals surface area contributed by atoms with Gasteiger partial charge in [0.2, 0.25) is 0 Å². The van der Waals surface area contributed by atoms with E-state index >= 15 is 0 Å². The van der Waals surface area contributed by atoms with E-state index in [0.717, 1.165) is 0 Å². The molecule has 0 saturated carbocycles. The standard InChI is InChI=1S/C18H12/c1-2-5-13(6-3-1)16-12-11-15-10-9-14-7-4-8-17(16)18(14)15/h1-12H. The molecule has 0 heteroatoms. The minimum absolute atomic E-state index is 1.29. The highest BCUT2D eigenvalue weighted by atomic mass is 14.2.